The molecule has 0 atom stereocenters. The number of primary sulfonamides is 1. The van der Waals surface area contributed by atoms with Gasteiger partial charge in [-0.05, 0) is 37.3 Å². The number of rotatable bonds is 5. The van der Waals surface area contributed by atoms with Crippen molar-refractivity contribution in [1.82, 2.24) is 0 Å². The molecule has 2 rings (SSSR count). The summed E-state index contributed by atoms with van der Waals surface area (Å²) in [6.07, 6.45) is 0. The minimum absolute atomic E-state index is 0.0113. The Kier molecular flexibility index (Phi) is 5.01. The highest BCUT2D eigenvalue weighted by atomic mass is 32.2. The lowest BCUT2D eigenvalue weighted by atomic mass is 10.1. The zero-order valence-electron chi connectivity index (χ0n) is 13.1. The van der Waals surface area contributed by atoms with Crippen molar-refractivity contribution < 1.29 is 22.7 Å². The van der Waals surface area contributed by atoms with Gasteiger partial charge in [-0.1, -0.05) is 12.1 Å². The van der Waals surface area contributed by atoms with Crippen LogP contribution >= 0.6 is 0 Å². The van der Waals surface area contributed by atoms with Gasteiger partial charge in [0.15, 0.2) is 5.78 Å². The molecular formula is C16H16N2O5S. The van der Waals surface area contributed by atoms with Gasteiger partial charge in [-0.25, -0.2) is 13.6 Å². The van der Waals surface area contributed by atoms with Crippen LogP contribution < -0.4 is 15.2 Å². The third-order valence-corrected chi connectivity index (χ3v) is 4.18. The third kappa shape index (κ3) is 3.98. The molecule has 0 heterocycles. The van der Waals surface area contributed by atoms with Crippen molar-refractivity contribution in [3.63, 3.8) is 0 Å². The van der Waals surface area contributed by atoms with Crippen LogP contribution in [-0.2, 0) is 10.0 Å². The number of hydrogen-bond donors (Lipinski definition) is 2. The maximum atomic E-state index is 12.4. The molecule has 0 unspecified atom stereocenters. The van der Waals surface area contributed by atoms with Crippen molar-refractivity contribution in [2.24, 2.45) is 5.14 Å². The lowest BCUT2D eigenvalue weighted by Crippen LogP contribution is -2.17. The molecule has 0 spiro atoms. The Morgan fingerprint density at radius 3 is 2.42 bits per heavy atom. The Balaban J connectivity index is 2.39. The lowest BCUT2D eigenvalue weighted by molar-refractivity contribution is 0.101. The molecule has 0 saturated carbocycles. The second kappa shape index (κ2) is 6.81. The summed E-state index contributed by atoms with van der Waals surface area (Å²) in [7, 11) is -2.59. The number of sulfonamides is 1. The predicted molar refractivity (Wildman–Crippen MR) is 88.8 cm³/mol. The van der Waals surface area contributed by atoms with E-state index in [1.165, 1.54) is 32.2 Å². The van der Waals surface area contributed by atoms with Crippen molar-refractivity contribution in [3.05, 3.63) is 53.6 Å². The van der Waals surface area contributed by atoms with E-state index in [-0.39, 0.29) is 22.0 Å². The fraction of sp³-hybridized carbons (Fsp3) is 0.125. The molecule has 0 aromatic heterocycles. The van der Waals surface area contributed by atoms with E-state index in [1.807, 2.05) is 0 Å². The predicted octanol–water partition coefficient (Wildman–Crippen LogP) is 1.80. The molecule has 0 aliphatic heterocycles. The number of amides is 1. The van der Waals surface area contributed by atoms with Crippen LogP contribution in [0.1, 0.15) is 27.6 Å². The molecule has 0 aliphatic carbocycles. The van der Waals surface area contributed by atoms with Crippen molar-refractivity contribution in [2.75, 3.05) is 12.4 Å². The fourth-order valence-electron chi connectivity index (χ4n) is 2.06. The number of carbonyl (C=O) groups excluding carboxylic acids is 2. The maximum absolute atomic E-state index is 12.4. The summed E-state index contributed by atoms with van der Waals surface area (Å²) in [6.45, 7) is 1.42. The molecule has 126 valence electrons. The Hall–Kier alpha value is -2.71. The zero-order valence-corrected chi connectivity index (χ0v) is 13.9. The Bertz CT molecular complexity index is 906. The zero-order chi connectivity index (χ0) is 17.9. The lowest BCUT2D eigenvalue weighted by Gasteiger charge is -2.11. The van der Waals surface area contributed by atoms with Crippen molar-refractivity contribution in [2.45, 2.75) is 11.8 Å². The number of ether oxygens (including phenoxy) is 1. The molecule has 8 heteroatoms. The molecule has 0 aliphatic rings. The highest BCUT2D eigenvalue weighted by molar-refractivity contribution is 7.89. The van der Waals surface area contributed by atoms with Crippen LogP contribution in [0.3, 0.4) is 0 Å². The summed E-state index contributed by atoms with van der Waals surface area (Å²) < 4.78 is 28.0. The molecule has 2 aromatic rings. The quantitative estimate of drug-likeness (QED) is 0.799. The highest BCUT2D eigenvalue weighted by Crippen LogP contribution is 2.23. The summed E-state index contributed by atoms with van der Waals surface area (Å²) >= 11 is 0. The van der Waals surface area contributed by atoms with Gasteiger partial charge >= 0.3 is 0 Å². The number of nitrogens with two attached hydrogens (primary N) is 1. The van der Waals surface area contributed by atoms with E-state index in [4.69, 9.17) is 9.88 Å². The first kappa shape index (κ1) is 17.6. The first-order valence-electron chi connectivity index (χ1n) is 6.85. The van der Waals surface area contributed by atoms with E-state index in [1.54, 1.807) is 18.2 Å². The molecule has 1 amide bonds. The molecule has 0 radical (unpaired) electrons. The van der Waals surface area contributed by atoms with Crippen LogP contribution in [0.2, 0.25) is 0 Å². The molecule has 24 heavy (non-hydrogen) atoms. The minimum Gasteiger partial charge on any atom is -0.496 e. The number of ketones is 1. The van der Waals surface area contributed by atoms with Crippen LogP contribution in [0, 0.1) is 0 Å². The van der Waals surface area contributed by atoms with E-state index in [2.05, 4.69) is 5.32 Å². The number of Topliss-reactive ketones (excluding diaryl/α,β-unsaturated/α-hetero) is 1. The van der Waals surface area contributed by atoms with Gasteiger partial charge in [0, 0.05) is 11.3 Å². The first-order valence-corrected chi connectivity index (χ1v) is 8.40. The Labute approximate surface area is 139 Å². The van der Waals surface area contributed by atoms with Crippen molar-refractivity contribution in [1.29, 1.82) is 0 Å². The summed E-state index contributed by atoms with van der Waals surface area (Å²) in [5.74, 6) is -0.527. The van der Waals surface area contributed by atoms with E-state index in [0.717, 1.165) is 6.07 Å². The summed E-state index contributed by atoms with van der Waals surface area (Å²) in [6, 6.07) is 10.1. The number of anilines is 1. The van der Waals surface area contributed by atoms with E-state index < -0.39 is 15.9 Å². The van der Waals surface area contributed by atoms with Crippen molar-refractivity contribution >= 4 is 27.4 Å². The molecule has 0 fully saturated rings. The van der Waals surface area contributed by atoms with Gasteiger partial charge in [0.05, 0.1) is 17.6 Å². The second-order valence-electron chi connectivity index (χ2n) is 5.00. The SMILES string of the molecule is COc1ccc(S(N)(=O)=O)cc1C(=O)Nc1cccc(C(C)=O)c1. The summed E-state index contributed by atoms with van der Waals surface area (Å²) in [5.41, 5.74) is 0.853. The highest BCUT2D eigenvalue weighted by Gasteiger charge is 2.17. The molecule has 3 N–H and O–H groups in total. The first-order chi connectivity index (χ1) is 11.2. The monoisotopic (exact) mass is 348 g/mol. The van der Waals surface area contributed by atoms with Gasteiger partial charge in [0.1, 0.15) is 5.75 Å². The Morgan fingerprint density at radius 2 is 1.83 bits per heavy atom. The summed E-state index contributed by atoms with van der Waals surface area (Å²) in [5, 5.41) is 7.69. The normalized spacial score (nSPS) is 11.0. The average molecular weight is 348 g/mol. The smallest absolute Gasteiger partial charge is 0.259 e. The number of benzene rings is 2. The number of nitrogens with one attached hydrogen (secondary N) is 1. The largest absolute Gasteiger partial charge is 0.496 e. The Morgan fingerprint density at radius 1 is 1.12 bits per heavy atom. The van der Waals surface area contributed by atoms with Crippen LogP contribution in [0.25, 0.3) is 0 Å². The van der Waals surface area contributed by atoms with Gasteiger partial charge in [-0.2, -0.15) is 0 Å². The average Bonchev–Trinajstić information content (AvgIpc) is 2.53. The van der Waals surface area contributed by atoms with Gasteiger partial charge < -0.3 is 10.1 Å². The van der Waals surface area contributed by atoms with Crippen molar-refractivity contribution in [3.8, 4) is 5.75 Å². The minimum atomic E-state index is -3.95. The van der Waals surface area contributed by atoms with E-state index in [9.17, 15) is 18.0 Å². The second-order valence-corrected chi connectivity index (χ2v) is 6.56. The van der Waals surface area contributed by atoms with E-state index >= 15 is 0 Å². The topological polar surface area (TPSA) is 116 Å². The maximum Gasteiger partial charge on any atom is 0.259 e. The standard InChI is InChI=1S/C16H16N2O5S/c1-10(19)11-4-3-5-12(8-11)18-16(20)14-9-13(24(17,21)22)6-7-15(14)23-2/h3-9H,1-2H3,(H,18,20)(H2,17,21,22). The number of hydrogen-bond acceptors (Lipinski definition) is 5. The number of carbonyl (C=O) groups is 2. The number of methoxy groups -OCH3 is 1. The van der Waals surface area contributed by atoms with Crippen LogP contribution in [0.4, 0.5) is 5.69 Å². The van der Waals surface area contributed by atoms with E-state index in [0.29, 0.717) is 11.3 Å². The molecule has 7 nitrogen and oxygen atoms in total. The van der Waals surface area contributed by atoms with Crippen LogP contribution in [-0.4, -0.2) is 27.2 Å². The van der Waals surface area contributed by atoms with Gasteiger partial charge in [-0.15, -0.1) is 0 Å². The molecule has 0 saturated heterocycles. The molecular weight excluding hydrogens is 332 g/mol. The fourth-order valence-corrected chi connectivity index (χ4v) is 2.60. The van der Waals surface area contributed by atoms with Gasteiger partial charge in [0.25, 0.3) is 5.91 Å². The molecule has 2 aromatic carbocycles. The van der Waals surface area contributed by atoms with Gasteiger partial charge in [0.2, 0.25) is 10.0 Å². The van der Waals surface area contributed by atoms with Gasteiger partial charge in [-0.3, -0.25) is 9.59 Å². The summed E-state index contributed by atoms with van der Waals surface area (Å²) in [4.78, 5) is 23.6. The van der Waals surface area contributed by atoms with Crippen LogP contribution in [0.15, 0.2) is 47.4 Å². The molecule has 0 bridgehead atoms. The third-order valence-electron chi connectivity index (χ3n) is 3.27. The van der Waals surface area contributed by atoms with Crippen LogP contribution in [0.5, 0.6) is 5.75 Å².